The van der Waals surface area contributed by atoms with Gasteiger partial charge in [0.2, 0.25) is 0 Å². The van der Waals surface area contributed by atoms with Crippen molar-refractivity contribution in [3.05, 3.63) is 49.0 Å². The molecule has 110 valence electrons. The second-order valence-electron chi connectivity index (χ2n) is 5.21. The summed E-state index contributed by atoms with van der Waals surface area (Å²) < 4.78 is 3.47. The highest BCUT2D eigenvalue weighted by Crippen LogP contribution is 2.32. The highest BCUT2D eigenvalue weighted by Gasteiger charge is 2.19. The third-order valence-electron chi connectivity index (χ3n) is 3.76. The van der Waals surface area contributed by atoms with E-state index in [4.69, 9.17) is 16.6 Å². The summed E-state index contributed by atoms with van der Waals surface area (Å²) in [7, 11) is 0. The Bertz CT molecular complexity index is 806. The molecule has 1 unspecified atom stereocenters. The number of hydrogen-bond donors (Lipinski definition) is 0. The standard InChI is InChI=1S/C16H16ClIN2S/c1-9-6-13(11(3)21-9)10(2)20-15-5-4-12(18)7-14(15)19-16(20)8-17/h4-7,10H,8H2,1-3H3. The average Bonchev–Trinajstić information content (AvgIpc) is 2.97. The smallest absolute Gasteiger partial charge is 0.125 e. The molecular formula is C16H16ClIN2S. The molecule has 2 aromatic heterocycles. The lowest BCUT2D eigenvalue weighted by Crippen LogP contribution is -2.10. The molecule has 0 amide bonds. The maximum Gasteiger partial charge on any atom is 0.125 e. The molecule has 5 heteroatoms. The van der Waals surface area contributed by atoms with Crippen LogP contribution in [0.15, 0.2) is 24.3 Å². The van der Waals surface area contributed by atoms with Crippen molar-refractivity contribution in [2.45, 2.75) is 32.7 Å². The molecule has 0 N–H and O–H groups in total. The number of halogens is 2. The maximum absolute atomic E-state index is 6.14. The number of aromatic nitrogens is 2. The summed E-state index contributed by atoms with van der Waals surface area (Å²) in [6.45, 7) is 6.57. The third-order valence-corrected chi connectivity index (χ3v) is 5.65. The van der Waals surface area contributed by atoms with Crippen LogP contribution >= 0.6 is 45.5 Å². The van der Waals surface area contributed by atoms with E-state index in [-0.39, 0.29) is 6.04 Å². The lowest BCUT2D eigenvalue weighted by Gasteiger charge is -2.17. The molecule has 3 aromatic rings. The number of fused-ring (bicyclic) bond motifs is 1. The summed E-state index contributed by atoms with van der Waals surface area (Å²) in [6, 6.07) is 8.90. The first-order chi connectivity index (χ1) is 10.0. The monoisotopic (exact) mass is 430 g/mol. The molecule has 1 aromatic carbocycles. The van der Waals surface area contributed by atoms with Crippen LogP contribution < -0.4 is 0 Å². The van der Waals surface area contributed by atoms with Crippen LogP contribution in [0.1, 0.15) is 34.1 Å². The normalized spacial score (nSPS) is 13.0. The Kier molecular flexibility index (Phi) is 4.30. The zero-order valence-electron chi connectivity index (χ0n) is 12.2. The molecule has 2 heterocycles. The Morgan fingerprint density at radius 3 is 2.71 bits per heavy atom. The Labute approximate surface area is 147 Å². The van der Waals surface area contributed by atoms with Crippen molar-refractivity contribution in [3.8, 4) is 0 Å². The highest BCUT2D eigenvalue weighted by molar-refractivity contribution is 14.1. The van der Waals surface area contributed by atoms with Gasteiger partial charge in [-0.1, -0.05) is 0 Å². The van der Waals surface area contributed by atoms with Crippen LogP contribution in [0.3, 0.4) is 0 Å². The third kappa shape index (κ3) is 2.73. The Hall–Kier alpha value is -0.590. The topological polar surface area (TPSA) is 17.8 Å². The number of rotatable bonds is 3. The van der Waals surface area contributed by atoms with Gasteiger partial charge in [-0.2, -0.15) is 0 Å². The first kappa shape index (κ1) is 15.3. The van der Waals surface area contributed by atoms with Gasteiger partial charge in [0, 0.05) is 13.3 Å². The molecule has 3 rings (SSSR count). The molecule has 0 radical (unpaired) electrons. The Morgan fingerprint density at radius 1 is 1.33 bits per heavy atom. The van der Waals surface area contributed by atoms with Crippen LogP contribution in [0.5, 0.6) is 0 Å². The van der Waals surface area contributed by atoms with Crippen molar-refractivity contribution < 1.29 is 0 Å². The van der Waals surface area contributed by atoms with E-state index >= 15 is 0 Å². The molecule has 21 heavy (non-hydrogen) atoms. The van der Waals surface area contributed by atoms with Gasteiger partial charge in [-0.25, -0.2) is 4.98 Å². The number of alkyl halides is 1. The maximum atomic E-state index is 6.14. The number of imidazole rings is 1. The van der Waals surface area contributed by atoms with E-state index in [2.05, 4.69) is 72.2 Å². The zero-order valence-corrected chi connectivity index (χ0v) is 15.9. The fourth-order valence-electron chi connectivity index (χ4n) is 2.85. The van der Waals surface area contributed by atoms with Gasteiger partial charge in [-0.05, 0) is 73.2 Å². The van der Waals surface area contributed by atoms with Crippen molar-refractivity contribution in [2.24, 2.45) is 0 Å². The molecule has 0 fully saturated rings. The predicted octanol–water partition coefficient (Wildman–Crippen LogP) is 5.67. The molecule has 0 aliphatic carbocycles. The SMILES string of the molecule is Cc1cc(C(C)n2c(CCl)nc3cc(I)ccc32)c(C)s1. The molecule has 1 atom stereocenters. The second kappa shape index (κ2) is 5.89. The van der Waals surface area contributed by atoms with Crippen LogP contribution in [-0.4, -0.2) is 9.55 Å². The first-order valence-corrected chi connectivity index (χ1v) is 9.23. The molecule has 0 bridgehead atoms. The summed E-state index contributed by atoms with van der Waals surface area (Å²) in [6.07, 6.45) is 0. The van der Waals surface area contributed by atoms with E-state index < -0.39 is 0 Å². The molecule has 0 aliphatic heterocycles. The lowest BCUT2D eigenvalue weighted by molar-refractivity contribution is 0.633. The summed E-state index contributed by atoms with van der Waals surface area (Å²) in [5.41, 5.74) is 3.54. The minimum absolute atomic E-state index is 0.244. The highest BCUT2D eigenvalue weighted by atomic mass is 127. The summed E-state index contributed by atoms with van der Waals surface area (Å²) >= 11 is 10.3. The van der Waals surface area contributed by atoms with E-state index in [9.17, 15) is 0 Å². The van der Waals surface area contributed by atoms with Crippen LogP contribution in [0, 0.1) is 17.4 Å². The zero-order chi connectivity index (χ0) is 15.1. The van der Waals surface area contributed by atoms with E-state index in [1.165, 1.54) is 18.9 Å². The Morgan fingerprint density at radius 2 is 2.10 bits per heavy atom. The Balaban J connectivity index is 2.20. The number of aryl methyl sites for hydroxylation is 2. The molecule has 0 aliphatic rings. The van der Waals surface area contributed by atoms with E-state index in [0.29, 0.717) is 5.88 Å². The first-order valence-electron chi connectivity index (χ1n) is 6.80. The van der Waals surface area contributed by atoms with Gasteiger partial charge in [0.05, 0.1) is 23.0 Å². The fourth-order valence-corrected chi connectivity index (χ4v) is 4.53. The van der Waals surface area contributed by atoms with Gasteiger partial charge in [0.15, 0.2) is 0 Å². The van der Waals surface area contributed by atoms with Gasteiger partial charge in [-0.3, -0.25) is 0 Å². The minimum Gasteiger partial charge on any atom is -0.320 e. The summed E-state index contributed by atoms with van der Waals surface area (Å²) in [5.74, 6) is 1.36. The van der Waals surface area contributed by atoms with Crippen LogP contribution in [-0.2, 0) is 5.88 Å². The van der Waals surface area contributed by atoms with Gasteiger partial charge >= 0.3 is 0 Å². The lowest BCUT2D eigenvalue weighted by atomic mass is 10.1. The number of nitrogens with zero attached hydrogens (tertiary/aromatic N) is 2. The second-order valence-corrected chi connectivity index (χ2v) is 8.18. The van der Waals surface area contributed by atoms with E-state index in [1.54, 1.807) is 0 Å². The molecule has 0 saturated carbocycles. The van der Waals surface area contributed by atoms with Crippen LogP contribution in [0.25, 0.3) is 11.0 Å². The average molecular weight is 431 g/mol. The van der Waals surface area contributed by atoms with Crippen molar-refractivity contribution in [3.63, 3.8) is 0 Å². The van der Waals surface area contributed by atoms with Gasteiger partial charge < -0.3 is 4.57 Å². The summed E-state index contributed by atoms with van der Waals surface area (Å²) in [5, 5.41) is 0. The minimum atomic E-state index is 0.244. The van der Waals surface area contributed by atoms with Gasteiger partial charge in [-0.15, -0.1) is 22.9 Å². The number of benzene rings is 1. The molecule has 0 saturated heterocycles. The number of hydrogen-bond acceptors (Lipinski definition) is 2. The number of thiophene rings is 1. The van der Waals surface area contributed by atoms with Gasteiger partial charge in [0.25, 0.3) is 0 Å². The molecule has 0 spiro atoms. The van der Waals surface area contributed by atoms with Crippen LogP contribution in [0.4, 0.5) is 0 Å². The van der Waals surface area contributed by atoms with Crippen molar-refractivity contribution in [1.29, 1.82) is 0 Å². The van der Waals surface area contributed by atoms with Crippen molar-refractivity contribution in [1.82, 2.24) is 9.55 Å². The van der Waals surface area contributed by atoms with Gasteiger partial charge in [0.1, 0.15) is 5.82 Å². The molecule has 2 nitrogen and oxygen atoms in total. The van der Waals surface area contributed by atoms with Crippen molar-refractivity contribution >= 4 is 56.6 Å². The van der Waals surface area contributed by atoms with E-state index in [0.717, 1.165) is 16.9 Å². The quantitative estimate of drug-likeness (QED) is 0.387. The fraction of sp³-hybridized carbons (Fsp3) is 0.312. The molecular weight excluding hydrogens is 415 g/mol. The van der Waals surface area contributed by atoms with E-state index in [1.807, 2.05) is 11.3 Å². The van der Waals surface area contributed by atoms with Crippen LogP contribution in [0.2, 0.25) is 0 Å². The largest absolute Gasteiger partial charge is 0.320 e. The predicted molar refractivity (Wildman–Crippen MR) is 99.6 cm³/mol. The summed E-state index contributed by atoms with van der Waals surface area (Å²) in [4.78, 5) is 7.42. The van der Waals surface area contributed by atoms with Crippen molar-refractivity contribution in [2.75, 3.05) is 0 Å².